The van der Waals surface area contributed by atoms with Gasteiger partial charge in [0.15, 0.2) is 0 Å². The van der Waals surface area contributed by atoms with Crippen LogP contribution < -0.4 is 14.5 Å². The standard InChI is InChI=1S/C25H20Cl2N2O5/c26-19-9-4-10-20(22(19)27)28-13-14(11-21(28)30)25(33)34-16-6-3-5-15(12-16)29-23(31)17-7-1-2-8-18(17)24(29)32/h1-6,9-10,12,14,17-18H,7-8,11,13H2/t14-,17+,18+/m0/s1. The third kappa shape index (κ3) is 3.89. The Morgan fingerprint density at radius 1 is 0.941 bits per heavy atom. The molecule has 9 heteroatoms. The molecule has 3 aliphatic rings. The maximum atomic E-state index is 12.9. The number of fused-ring (bicyclic) bond motifs is 1. The normalized spacial score (nSPS) is 24.1. The van der Waals surface area contributed by atoms with Crippen LogP contribution in [0.2, 0.25) is 10.0 Å². The smallest absolute Gasteiger partial charge is 0.316 e. The number of anilines is 2. The van der Waals surface area contributed by atoms with Crippen molar-refractivity contribution in [1.29, 1.82) is 0 Å². The van der Waals surface area contributed by atoms with E-state index in [1.807, 2.05) is 12.2 Å². The summed E-state index contributed by atoms with van der Waals surface area (Å²) >= 11 is 12.3. The molecule has 0 N–H and O–H groups in total. The van der Waals surface area contributed by atoms with E-state index < -0.39 is 11.9 Å². The van der Waals surface area contributed by atoms with Gasteiger partial charge in [0.2, 0.25) is 17.7 Å². The van der Waals surface area contributed by atoms with E-state index in [2.05, 4.69) is 0 Å². The van der Waals surface area contributed by atoms with Crippen LogP contribution in [0.25, 0.3) is 0 Å². The summed E-state index contributed by atoms with van der Waals surface area (Å²) in [5.74, 6) is -2.52. The Morgan fingerprint density at radius 3 is 2.32 bits per heavy atom. The number of rotatable bonds is 4. The van der Waals surface area contributed by atoms with Gasteiger partial charge in [0.25, 0.3) is 0 Å². The van der Waals surface area contributed by atoms with E-state index >= 15 is 0 Å². The zero-order valence-corrected chi connectivity index (χ0v) is 19.5. The fourth-order valence-electron chi connectivity index (χ4n) is 4.74. The Labute approximate surface area is 205 Å². The van der Waals surface area contributed by atoms with Gasteiger partial charge in [-0.3, -0.25) is 19.2 Å². The van der Waals surface area contributed by atoms with Gasteiger partial charge >= 0.3 is 5.97 Å². The van der Waals surface area contributed by atoms with Crippen LogP contribution in [0.15, 0.2) is 54.6 Å². The van der Waals surface area contributed by atoms with Crippen molar-refractivity contribution in [1.82, 2.24) is 0 Å². The third-order valence-electron chi connectivity index (χ3n) is 6.48. The van der Waals surface area contributed by atoms with Crippen molar-refractivity contribution in [3.8, 4) is 5.75 Å². The van der Waals surface area contributed by atoms with E-state index in [-0.39, 0.29) is 53.3 Å². The lowest BCUT2D eigenvalue weighted by Crippen LogP contribution is -2.31. The van der Waals surface area contributed by atoms with Gasteiger partial charge in [0, 0.05) is 19.0 Å². The van der Waals surface area contributed by atoms with E-state index in [9.17, 15) is 19.2 Å². The van der Waals surface area contributed by atoms with Gasteiger partial charge in [-0.25, -0.2) is 4.90 Å². The predicted octanol–water partition coefficient (Wildman–Crippen LogP) is 4.41. The fraction of sp³-hybridized carbons (Fsp3) is 0.280. The second-order valence-electron chi connectivity index (χ2n) is 8.56. The molecule has 2 aliphatic heterocycles. The zero-order chi connectivity index (χ0) is 24.0. The molecule has 3 amide bonds. The van der Waals surface area contributed by atoms with Gasteiger partial charge in [-0.15, -0.1) is 0 Å². The summed E-state index contributed by atoms with van der Waals surface area (Å²) in [6.45, 7) is 0.108. The summed E-state index contributed by atoms with van der Waals surface area (Å²) in [4.78, 5) is 53.7. The monoisotopic (exact) mass is 498 g/mol. The van der Waals surface area contributed by atoms with Crippen molar-refractivity contribution in [2.24, 2.45) is 17.8 Å². The molecule has 34 heavy (non-hydrogen) atoms. The van der Waals surface area contributed by atoms with Gasteiger partial charge in [-0.1, -0.05) is 47.5 Å². The Kier molecular flexibility index (Phi) is 5.91. The maximum Gasteiger partial charge on any atom is 0.316 e. The first-order chi connectivity index (χ1) is 16.3. The molecule has 2 fully saturated rings. The summed E-state index contributed by atoms with van der Waals surface area (Å²) in [5, 5.41) is 0.561. The number of allylic oxidation sites excluding steroid dienone is 2. The molecule has 0 bridgehead atoms. The SMILES string of the molecule is O=C(Oc1cccc(N2C(=O)[C@@H]3CC=CC[C@H]3C2=O)c1)[C@H]1CC(=O)N(c2cccc(Cl)c2Cl)C1. The van der Waals surface area contributed by atoms with Crippen LogP contribution in [0.5, 0.6) is 5.75 Å². The van der Waals surface area contributed by atoms with Crippen molar-refractivity contribution in [2.75, 3.05) is 16.3 Å². The molecule has 7 nitrogen and oxygen atoms in total. The van der Waals surface area contributed by atoms with E-state index in [1.54, 1.807) is 36.4 Å². The number of carbonyl (C=O) groups excluding carboxylic acids is 4. The molecule has 0 radical (unpaired) electrons. The second kappa shape index (κ2) is 8.89. The Morgan fingerprint density at radius 2 is 1.62 bits per heavy atom. The summed E-state index contributed by atoms with van der Waals surface area (Å²) in [7, 11) is 0. The molecule has 3 atom stereocenters. The van der Waals surface area contributed by atoms with Crippen molar-refractivity contribution in [2.45, 2.75) is 19.3 Å². The average Bonchev–Trinajstić information content (AvgIpc) is 3.33. The quantitative estimate of drug-likeness (QED) is 0.270. The molecule has 0 saturated carbocycles. The van der Waals surface area contributed by atoms with Crippen LogP contribution in [0, 0.1) is 17.8 Å². The van der Waals surface area contributed by atoms with Crippen LogP contribution >= 0.6 is 23.2 Å². The molecule has 0 aromatic heterocycles. The van der Waals surface area contributed by atoms with Gasteiger partial charge in [-0.2, -0.15) is 0 Å². The van der Waals surface area contributed by atoms with Crippen LogP contribution in [0.1, 0.15) is 19.3 Å². The Bertz CT molecular complexity index is 1220. The Hall–Kier alpha value is -3.16. The number of hydrogen-bond acceptors (Lipinski definition) is 5. The number of benzene rings is 2. The highest BCUT2D eigenvalue weighted by molar-refractivity contribution is 6.44. The number of esters is 1. The molecule has 0 spiro atoms. The third-order valence-corrected chi connectivity index (χ3v) is 7.29. The van der Waals surface area contributed by atoms with Crippen LogP contribution in [-0.2, 0) is 19.2 Å². The highest BCUT2D eigenvalue weighted by Gasteiger charge is 2.48. The highest BCUT2D eigenvalue weighted by Crippen LogP contribution is 2.39. The minimum Gasteiger partial charge on any atom is -0.426 e. The first-order valence-corrected chi connectivity index (χ1v) is 11.7. The largest absolute Gasteiger partial charge is 0.426 e. The van der Waals surface area contributed by atoms with E-state index in [0.29, 0.717) is 29.2 Å². The number of imide groups is 1. The second-order valence-corrected chi connectivity index (χ2v) is 9.35. The fourth-order valence-corrected chi connectivity index (χ4v) is 5.14. The summed E-state index contributed by atoms with van der Waals surface area (Å²) < 4.78 is 5.54. The first kappa shape index (κ1) is 22.6. The molecule has 1 aliphatic carbocycles. The van der Waals surface area contributed by atoms with Crippen LogP contribution in [0.3, 0.4) is 0 Å². The molecule has 0 unspecified atom stereocenters. The molecular weight excluding hydrogens is 479 g/mol. The molecule has 2 saturated heterocycles. The number of nitrogens with zero attached hydrogens (tertiary/aromatic N) is 2. The average molecular weight is 499 g/mol. The molecule has 174 valence electrons. The number of amides is 3. The van der Waals surface area contributed by atoms with Crippen molar-refractivity contribution in [3.63, 3.8) is 0 Å². The molecular formula is C25H20Cl2N2O5. The van der Waals surface area contributed by atoms with Gasteiger partial charge in [-0.05, 0) is 37.1 Å². The van der Waals surface area contributed by atoms with E-state index in [0.717, 1.165) is 0 Å². The Balaban J connectivity index is 1.30. The first-order valence-electron chi connectivity index (χ1n) is 10.9. The summed E-state index contributed by atoms with van der Waals surface area (Å²) in [6, 6.07) is 11.3. The van der Waals surface area contributed by atoms with Gasteiger partial charge in [0.1, 0.15) is 5.75 Å². The lowest BCUT2D eigenvalue weighted by atomic mass is 9.85. The lowest BCUT2D eigenvalue weighted by molar-refractivity contribution is -0.139. The maximum absolute atomic E-state index is 12.9. The topological polar surface area (TPSA) is 84.0 Å². The molecule has 2 aromatic carbocycles. The van der Waals surface area contributed by atoms with Crippen molar-refractivity contribution >= 4 is 58.3 Å². The van der Waals surface area contributed by atoms with Crippen molar-refractivity contribution < 1.29 is 23.9 Å². The van der Waals surface area contributed by atoms with Crippen LogP contribution in [-0.4, -0.2) is 30.2 Å². The molecule has 5 rings (SSSR count). The summed E-state index contributed by atoms with van der Waals surface area (Å²) in [6.07, 6.45) is 4.92. The molecule has 2 heterocycles. The van der Waals surface area contributed by atoms with Crippen LogP contribution in [0.4, 0.5) is 11.4 Å². The number of halogens is 2. The predicted molar refractivity (Wildman–Crippen MR) is 127 cm³/mol. The summed E-state index contributed by atoms with van der Waals surface area (Å²) in [5.41, 5.74) is 0.808. The number of hydrogen-bond donors (Lipinski definition) is 0. The minimum absolute atomic E-state index is 0.0270. The zero-order valence-electron chi connectivity index (χ0n) is 17.9. The minimum atomic E-state index is -0.699. The molecule has 2 aromatic rings. The number of carbonyl (C=O) groups is 4. The van der Waals surface area contributed by atoms with E-state index in [1.165, 1.54) is 15.9 Å². The van der Waals surface area contributed by atoms with Crippen molar-refractivity contribution in [3.05, 3.63) is 64.7 Å². The lowest BCUT2D eigenvalue weighted by Gasteiger charge is -2.18. The van der Waals surface area contributed by atoms with Gasteiger partial charge in [0.05, 0.1) is 39.2 Å². The highest BCUT2D eigenvalue weighted by atomic mass is 35.5. The van der Waals surface area contributed by atoms with E-state index in [4.69, 9.17) is 27.9 Å². The number of ether oxygens (including phenoxy) is 1. The van der Waals surface area contributed by atoms with Gasteiger partial charge < -0.3 is 9.64 Å².